The molecular weight excluding hydrogens is 1400 g/mol. The predicted molar refractivity (Wildman–Crippen MR) is 462 cm³/mol. The highest BCUT2D eigenvalue weighted by atomic mass is 79.9. The highest BCUT2D eigenvalue weighted by Crippen LogP contribution is 2.56. The summed E-state index contributed by atoms with van der Waals surface area (Å²) in [6, 6.07) is 108. The van der Waals surface area contributed by atoms with E-state index in [1.165, 1.54) is 190 Å². The summed E-state index contributed by atoms with van der Waals surface area (Å²) in [6.07, 6.45) is 5.46. The van der Waals surface area contributed by atoms with Gasteiger partial charge in [-0.1, -0.05) is 306 Å². The third kappa shape index (κ3) is 11.3. The number of para-hydroxylation sites is 2. The van der Waals surface area contributed by atoms with Gasteiger partial charge in [0.1, 0.15) is 0 Å². The number of halogens is 2. The Kier molecular flexibility index (Phi) is 16.7. The first-order valence-corrected chi connectivity index (χ1v) is 39.2. The van der Waals surface area contributed by atoms with Crippen LogP contribution in [0.1, 0.15) is 125 Å². The molecule has 2 aliphatic rings. The van der Waals surface area contributed by atoms with Gasteiger partial charge in [0, 0.05) is 47.3 Å². The first kappa shape index (κ1) is 66.6. The summed E-state index contributed by atoms with van der Waals surface area (Å²) in [5.41, 5.74) is 18.9. The minimum Gasteiger partial charge on any atom is -0.309 e. The van der Waals surface area contributed by atoms with Crippen molar-refractivity contribution in [1.29, 1.82) is 0 Å². The van der Waals surface area contributed by atoms with Crippen LogP contribution in [0.3, 0.4) is 0 Å². The molecule has 0 saturated carbocycles. The number of benzene rings is 18. The van der Waals surface area contributed by atoms with Crippen molar-refractivity contribution in [3.05, 3.63) is 345 Å². The Balaban J connectivity index is 0.000000136. The molecule has 0 bridgehead atoms. The molecule has 0 fully saturated rings. The summed E-state index contributed by atoms with van der Waals surface area (Å²) in [4.78, 5) is 5.07. The monoisotopic (exact) mass is 1480 g/mol. The molecule has 18 aromatic rings. The molecule has 4 heteroatoms. The van der Waals surface area contributed by atoms with Crippen LogP contribution in [0.2, 0.25) is 0 Å². The molecule has 0 atom stereocenters. The van der Waals surface area contributed by atoms with Crippen molar-refractivity contribution in [1.82, 2.24) is 0 Å². The first-order chi connectivity index (χ1) is 51.1. The molecule has 0 aliphatic heterocycles. The number of aryl methyl sites for hydroxylation is 2. The molecule has 0 aromatic heterocycles. The molecule has 105 heavy (non-hydrogen) atoms. The van der Waals surface area contributed by atoms with Crippen LogP contribution >= 0.6 is 31.9 Å². The van der Waals surface area contributed by atoms with E-state index < -0.39 is 0 Å². The molecule has 0 heterocycles. The van der Waals surface area contributed by atoms with Crippen LogP contribution in [-0.4, -0.2) is 0 Å². The molecule has 0 N–H and O–H groups in total. The van der Waals surface area contributed by atoms with Gasteiger partial charge in [-0.2, -0.15) is 0 Å². The lowest BCUT2D eigenvalue weighted by atomic mass is 9.70. The van der Waals surface area contributed by atoms with Gasteiger partial charge in [-0.05, 0) is 253 Å². The number of hydrogen-bond donors (Lipinski definition) is 0. The van der Waals surface area contributed by atoms with Crippen molar-refractivity contribution in [3.63, 3.8) is 0 Å². The van der Waals surface area contributed by atoms with Gasteiger partial charge >= 0.3 is 0 Å². The Hall–Kier alpha value is -10.4. The van der Waals surface area contributed by atoms with Crippen LogP contribution in [0.25, 0.3) is 108 Å². The summed E-state index contributed by atoms with van der Waals surface area (Å²) < 4.78 is 2.45. The van der Waals surface area contributed by atoms with Crippen LogP contribution in [0.15, 0.2) is 300 Å². The lowest BCUT2D eigenvalue weighted by molar-refractivity contribution is 0.475. The summed E-state index contributed by atoms with van der Waals surface area (Å²) in [7, 11) is 0. The zero-order valence-electron chi connectivity index (χ0n) is 61.1. The molecular formula is C101H84Br2N2. The summed E-state index contributed by atoms with van der Waals surface area (Å²) in [5.74, 6) is 0.815. The minimum atomic E-state index is 0.00105. The van der Waals surface area contributed by atoms with E-state index in [9.17, 15) is 0 Å². The molecule has 2 aliphatic carbocycles. The fourth-order valence-electron chi connectivity index (χ4n) is 18.1. The van der Waals surface area contributed by atoms with E-state index in [4.69, 9.17) is 0 Å². The Labute approximate surface area is 633 Å². The third-order valence-corrected chi connectivity index (χ3v) is 24.8. The van der Waals surface area contributed by atoms with Crippen molar-refractivity contribution >= 4 is 174 Å². The highest BCUT2D eigenvalue weighted by molar-refractivity contribution is 9.11. The Morgan fingerprint density at radius 3 is 1.17 bits per heavy atom. The third-order valence-electron chi connectivity index (χ3n) is 23.5. The van der Waals surface area contributed by atoms with Crippen LogP contribution in [0.4, 0.5) is 34.1 Å². The van der Waals surface area contributed by atoms with E-state index in [2.05, 4.69) is 388 Å². The second-order valence-corrected chi connectivity index (χ2v) is 33.1. The molecule has 0 unspecified atom stereocenters. The van der Waals surface area contributed by atoms with E-state index in [1.807, 2.05) is 0 Å². The quantitative estimate of drug-likeness (QED) is 0.126. The number of nitrogens with zero attached hydrogens (tertiary/aromatic N) is 2. The van der Waals surface area contributed by atoms with E-state index in [1.54, 1.807) is 0 Å². The lowest BCUT2D eigenvalue weighted by Gasteiger charge is -2.37. The van der Waals surface area contributed by atoms with Gasteiger partial charge in [0.25, 0.3) is 0 Å². The molecule has 18 aromatic carbocycles. The maximum Gasteiger partial charge on any atom is 0.0543 e. The lowest BCUT2D eigenvalue weighted by Crippen LogP contribution is -2.24. The van der Waals surface area contributed by atoms with Crippen LogP contribution < -0.4 is 9.80 Å². The molecule has 0 spiro atoms. The summed E-state index contributed by atoms with van der Waals surface area (Å²) in [5, 5.41) is 26.9. The standard InChI is InChI=1S/C56H46N2.C24H22Br2.C21H16/c1-36(2)46-35-52(58(41-23-9-6-10-24-41)50-28-16-20-38-18-12-14-26-43(38)50)47-34-48-53-39(31-32-56(48,3)4)33-51(45-30-29-44(46)54(47)55(45)53)57(40-21-7-5-8-22-40)49-27-15-19-37-17-11-13-25-42(37)49;1-12(2)16-11-20(26)17-10-18-21-13(7-8-24(18,3)4)9-19(25)15-6-5-14(16)22(17)23(15)21;1-3-13-20-16(7-1)9-5-11-18(20)15-19-12-6-10-17-8-2-4-14-21(17)19/h5-30,33-36H,31-32H2,1-4H3;5-6,9-12H,7-8H2,1-4H3;1-14H,15H2. The summed E-state index contributed by atoms with van der Waals surface area (Å²) in [6.45, 7) is 19.0. The van der Waals surface area contributed by atoms with Gasteiger partial charge in [-0.15, -0.1) is 0 Å². The summed E-state index contributed by atoms with van der Waals surface area (Å²) >= 11 is 7.77. The zero-order valence-corrected chi connectivity index (χ0v) is 64.2. The fraction of sp³-hybridized carbons (Fsp3) is 0.168. The first-order valence-electron chi connectivity index (χ1n) is 37.6. The number of fused-ring (bicyclic) bond motifs is 4. The second kappa shape index (κ2) is 26.3. The topological polar surface area (TPSA) is 6.48 Å². The molecule has 512 valence electrons. The largest absolute Gasteiger partial charge is 0.309 e. The average Bonchev–Trinajstić information content (AvgIpc) is 0.694. The van der Waals surface area contributed by atoms with Gasteiger partial charge in [-0.25, -0.2) is 0 Å². The maximum absolute atomic E-state index is 3.90. The number of anilines is 6. The van der Waals surface area contributed by atoms with Gasteiger partial charge in [0.05, 0.1) is 22.7 Å². The normalized spacial score (nSPS) is 13.8. The Morgan fingerprint density at radius 1 is 0.295 bits per heavy atom. The highest BCUT2D eigenvalue weighted by Gasteiger charge is 2.36. The molecule has 0 amide bonds. The van der Waals surface area contributed by atoms with Crippen LogP contribution in [0.5, 0.6) is 0 Å². The van der Waals surface area contributed by atoms with Crippen molar-refractivity contribution in [2.24, 2.45) is 0 Å². The van der Waals surface area contributed by atoms with Gasteiger partial charge in [0.15, 0.2) is 0 Å². The van der Waals surface area contributed by atoms with Gasteiger partial charge < -0.3 is 9.80 Å². The van der Waals surface area contributed by atoms with Crippen LogP contribution in [-0.2, 0) is 30.1 Å². The number of hydrogen-bond acceptors (Lipinski definition) is 2. The van der Waals surface area contributed by atoms with Crippen molar-refractivity contribution in [2.75, 3.05) is 9.80 Å². The second-order valence-electron chi connectivity index (χ2n) is 31.4. The van der Waals surface area contributed by atoms with Gasteiger partial charge in [0.2, 0.25) is 0 Å². The zero-order chi connectivity index (χ0) is 71.6. The van der Waals surface area contributed by atoms with E-state index in [0.717, 1.165) is 37.1 Å². The molecule has 0 saturated heterocycles. The van der Waals surface area contributed by atoms with E-state index in [-0.39, 0.29) is 10.8 Å². The van der Waals surface area contributed by atoms with Gasteiger partial charge in [-0.3, -0.25) is 0 Å². The van der Waals surface area contributed by atoms with E-state index in [0.29, 0.717) is 11.8 Å². The predicted octanol–water partition coefficient (Wildman–Crippen LogP) is 30.2. The van der Waals surface area contributed by atoms with Crippen molar-refractivity contribution in [2.45, 2.75) is 110 Å². The van der Waals surface area contributed by atoms with E-state index >= 15 is 0 Å². The van der Waals surface area contributed by atoms with Crippen LogP contribution in [0, 0.1) is 0 Å². The van der Waals surface area contributed by atoms with Crippen molar-refractivity contribution < 1.29 is 0 Å². The smallest absolute Gasteiger partial charge is 0.0543 e. The Morgan fingerprint density at radius 2 is 0.667 bits per heavy atom. The fourth-order valence-corrected chi connectivity index (χ4v) is 19.3. The number of rotatable bonds is 10. The average molecular weight is 1490 g/mol. The minimum absolute atomic E-state index is 0.00105. The molecule has 2 nitrogen and oxygen atoms in total. The maximum atomic E-state index is 3.90. The SMILES string of the molecule is CC(C)c1cc(Br)c2cc3c4c(cc(Br)c5ccc1c2c54)CCC3(C)C.CC(C)c1cc(N(c2ccccc2)c2cccc3ccccc23)c2cc3c4c(cc(N(c5ccccc5)c5cccc6ccccc56)c5ccc1c2c54)CCC3(C)C.c1ccc2c(Cc3cccc4ccccc34)cccc2c1. The van der Waals surface area contributed by atoms with Crippen molar-refractivity contribution in [3.8, 4) is 0 Å². The molecule has 20 rings (SSSR count). The molecule has 0 radical (unpaired) electrons. The Bertz CT molecular complexity index is 6320.